The van der Waals surface area contributed by atoms with E-state index in [2.05, 4.69) is 117 Å². The van der Waals surface area contributed by atoms with Crippen molar-refractivity contribution in [1.82, 2.24) is 0 Å². The quantitative estimate of drug-likeness (QED) is 0.416. The van der Waals surface area contributed by atoms with Crippen molar-refractivity contribution in [3.8, 4) is 0 Å². The molecule has 1 rings (SSSR count). The predicted octanol–water partition coefficient (Wildman–Crippen LogP) is 11.9. The van der Waals surface area contributed by atoms with Crippen molar-refractivity contribution in [3.05, 3.63) is 46.5 Å². The van der Waals surface area contributed by atoms with Gasteiger partial charge in [-0.2, -0.15) is 0 Å². The van der Waals surface area contributed by atoms with E-state index in [9.17, 15) is 0 Å². The third-order valence-corrected chi connectivity index (χ3v) is 5.66. The SMILES string of the molecule is C=C.CCCC.CCCC.CCCC.CCCC.CCCN.Cc1c(C)c(C)c(C)c(C)c1C. The van der Waals surface area contributed by atoms with Crippen molar-refractivity contribution in [2.45, 2.75) is 162 Å². The lowest BCUT2D eigenvalue weighted by Crippen LogP contribution is -1.98. The van der Waals surface area contributed by atoms with E-state index >= 15 is 0 Å². The van der Waals surface area contributed by atoms with E-state index in [1.54, 1.807) is 0 Å². The summed E-state index contributed by atoms with van der Waals surface area (Å²) in [6.45, 7) is 39.6. The Morgan fingerprint density at radius 2 is 0.441 bits per heavy atom. The fourth-order valence-electron chi connectivity index (χ4n) is 1.69. The van der Waals surface area contributed by atoms with Gasteiger partial charge in [0, 0.05) is 0 Å². The highest BCUT2D eigenvalue weighted by atomic mass is 14.5. The van der Waals surface area contributed by atoms with Crippen molar-refractivity contribution in [2.75, 3.05) is 6.54 Å². The first-order valence-corrected chi connectivity index (χ1v) is 14.3. The molecule has 1 nitrogen and oxygen atoms in total. The zero-order valence-electron chi connectivity index (χ0n) is 27.1. The largest absolute Gasteiger partial charge is 0.330 e. The van der Waals surface area contributed by atoms with Crippen LogP contribution in [0.4, 0.5) is 0 Å². The van der Waals surface area contributed by atoms with Gasteiger partial charge in [-0.25, -0.2) is 0 Å². The van der Waals surface area contributed by atoms with Gasteiger partial charge in [-0.15, -0.1) is 13.2 Å². The van der Waals surface area contributed by atoms with Gasteiger partial charge in [0.15, 0.2) is 0 Å². The molecule has 34 heavy (non-hydrogen) atoms. The molecular formula is C33H71N. The van der Waals surface area contributed by atoms with Crippen molar-refractivity contribution in [2.24, 2.45) is 5.73 Å². The van der Waals surface area contributed by atoms with Crippen LogP contribution in [-0.2, 0) is 0 Å². The van der Waals surface area contributed by atoms with Crippen LogP contribution in [0.1, 0.15) is 153 Å². The van der Waals surface area contributed by atoms with Crippen LogP contribution in [0.15, 0.2) is 13.2 Å². The topological polar surface area (TPSA) is 26.0 Å². The van der Waals surface area contributed by atoms with Gasteiger partial charge in [-0.05, 0) is 87.9 Å². The maximum Gasteiger partial charge on any atom is -0.00799 e. The highest BCUT2D eigenvalue weighted by Crippen LogP contribution is 2.24. The zero-order chi connectivity index (χ0) is 28.5. The Hall–Kier alpha value is -1.08. The lowest BCUT2D eigenvalue weighted by molar-refractivity contribution is 0.886. The maximum atomic E-state index is 5.03. The van der Waals surface area contributed by atoms with Crippen molar-refractivity contribution in [3.63, 3.8) is 0 Å². The van der Waals surface area contributed by atoms with Gasteiger partial charge in [-0.1, -0.05) is 114 Å². The first kappa shape index (κ1) is 46.3. The number of rotatable bonds is 5. The smallest absolute Gasteiger partial charge is 0.00799 e. The fraction of sp³-hybridized carbons (Fsp3) is 0.758. The second-order valence-electron chi connectivity index (χ2n) is 8.54. The van der Waals surface area contributed by atoms with Crippen molar-refractivity contribution >= 4 is 0 Å². The van der Waals surface area contributed by atoms with Crippen LogP contribution in [0.5, 0.6) is 0 Å². The molecule has 0 spiro atoms. The van der Waals surface area contributed by atoms with Crippen LogP contribution in [0.25, 0.3) is 0 Å². The number of nitrogens with two attached hydrogens (primary N) is 1. The number of benzene rings is 1. The average Bonchev–Trinajstić information content (AvgIpc) is 2.91. The molecule has 0 aliphatic heterocycles. The van der Waals surface area contributed by atoms with Crippen molar-refractivity contribution < 1.29 is 0 Å². The fourth-order valence-corrected chi connectivity index (χ4v) is 1.69. The highest BCUT2D eigenvalue weighted by Gasteiger charge is 2.07. The van der Waals surface area contributed by atoms with Gasteiger partial charge < -0.3 is 5.73 Å². The Bertz CT molecular complexity index is 336. The van der Waals surface area contributed by atoms with E-state index in [1.807, 2.05) is 0 Å². The molecule has 0 aromatic heterocycles. The zero-order valence-corrected chi connectivity index (χ0v) is 27.1. The van der Waals surface area contributed by atoms with Gasteiger partial charge in [0.05, 0.1) is 0 Å². The molecule has 1 aromatic carbocycles. The number of hydrogen-bond acceptors (Lipinski definition) is 1. The van der Waals surface area contributed by atoms with Crippen LogP contribution in [-0.4, -0.2) is 6.54 Å². The predicted molar refractivity (Wildman–Crippen MR) is 168 cm³/mol. The third-order valence-electron chi connectivity index (χ3n) is 5.66. The van der Waals surface area contributed by atoms with Crippen LogP contribution in [0.3, 0.4) is 0 Å². The lowest BCUT2D eigenvalue weighted by Gasteiger charge is -2.15. The summed E-state index contributed by atoms with van der Waals surface area (Å²) >= 11 is 0. The standard InChI is InChI=1S/C12H18.4C4H10.C3H9N.C2H4/c1-7-8(2)10(4)12(6)11(5)9(7)3;4*1-3-4-2;1-2-3-4;1-2/h1-6H3;4*3-4H2,1-2H3;2-4H2,1H3;1-2H2. The summed E-state index contributed by atoms with van der Waals surface area (Å²) in [5, 5.41) is 0. The van der Waals surface area contributed by atoms with Crippen LogP contribution >= 0.6 is 0 Å². The normalized spacial score (nSPS) is 8.24. The maximum absolute atomic E-state index is 5.03. The van der Waals surface area contributed by atoms with E-state index < -0.39 is 0 Å². The summed E-state index contributed by atoms with van der Waals surface area (Å²) in [5.74, 6) is 0. The van der Waals surface area contributed by atoms with E-state index in [-0.39, 0.29) is 0 Å². The molecule has 0 atom stereocenters. The molecule has 0 amide bonds. The van der Waals surface area contributed by atoms with Gasteiger partial charge >= 0.3 is 0 Å². The van der Waals surface area contributed by atoms with E-state index in [1.165, 1.54) is 84.7 Å². The molecule has 1 aromatic rings. The molecule has 0 saturated carbocycles. The highest BCUT2D eigenvalue weighted by molar-refractivity contribution is 5.48. The second kappa shape index (κ2) is 42.1. The Balaban J connectivity index is -0.0000000754. The molecule has 1 heteroatoms. The monoisotopic (exact) mass is 482 g/mol. The molecule has 0 fully saturated rings. The lowest BCUT2D eigenvalue weighted by atomic mass is 9.90. The van der Waals surface area contributed by atoms with Gasteiger partial charge in [0.25, 0.3) is 0 Å². The van der Waals surface area contributed by atoms with Gasteiger partial charge in [0.1, 0.15) is 0 Å². The molecule has 0 bridgehead atoms. The molecule has 2 N–H and O–H groups in total. The number of unbranched alkanes of at least 4 members (excludes halogenated alkanes) is 4. The van der Waals surface area contributed by atoms with E-state index in [0.717, 1.165) is 13.0 Å². The minimum Gasteiger partial charge on any atom is -0.330 e. The average molecular weight is 482 g/mol. The van der Waals surface area contributed by atoms with E-state index in [0.29, 0.717) is 0 Å². The molecule has 0 saturated heterocycles. The first-order valence-electron chi connectivity index (χ1n) is 14.3. The first-order chi connectivity index (χ1) is 16.0. The molecule has 0 radical (unpaired) electrons. The molecule has 0 aliphatic rings. The summed E-state index contributed by atoms with van der Waals surface area (Å²) < 4.78 is 0. The molecule has 0 aliphatic carbocycles. The Morgan fingerprint density at radius 3 is 0.471 bits per heavy atom. The molecular weight excluding hydrogens is 410 g/mol. The Labute approximate surface area is 220 Å². The molecule has 0 unspecified atom stereocenters. The molecule has 208 valence electrons. The summed E-state index contributed by atoms with van der Waals surface area (Å²) in [7, 11) is 0. The second-order valence-corrected chi connectivity index (χ2v) is 8.54. The minimum absolute atomic E-state index is 0.819. The van der Waals surface area contributed by atoms with Gasteiger partial charge in [-0.3, -0.25) is 0 Å². The van der Waals surface area contributed by atoms with E-state index in [4.69, 9.17) is 5.73 Å². The molecule has 0 heterocycles. The van der Waals surface area contributed by atoms with Crippen LogP contribution in [0.2, 0.25) is 0 Å². The summed E-state index contributed by atoms with van der Waals surface area (Å²) in [6.07, 6.45) is 11.7. The minimum atomic E-state index is 0.819. The van der Waals surface area contributed by atoms with Gasteiger partial charge in [0.2, 0.25) is 0 Å². The Kier molecular flexibility index (Phi) is 57.3. The third kappa shape index (κ3) is 35.5. The summed E-state index contributed by atoms with van der Waals surface area (Å²) in [6, 6.07) is 0. The Morgan fingerprint density at radius 1 is 0.353 bits per heavy atom. The number of hydrogen-bond donors (Lipinski definition) is 1. The van der Waals surface area contributed by atoms with Crippen molar-refractivity contribution in [1.29, 1.82) is 0 Å². The summed E-state index contributed by atoms with van der Waals surface area (Å²) in [4.78, 5) is 0. The summed E-state index contributed by atoms with van der Waals surface area (Å²) in [5.41, 5.74) is 13.8. The van der Waals surface area contributed by atoms with Crippen LogP contribution < -0.4 is 5.73 Å². The van der Waals surface area contributed by atoms with Crippen LogP contribution in [0, 0.1) is 41.5 Å².